The molecule has 2 heterocycles. The fraction of sp³-hybridized carbons (Fsp3) is 0.538. The largest absolute Gasteiger partial charge is 0.491 e. The van der Waals surface area contributed by atoms with E-state index in [4.69, 9.17) is 30.5 Å². The van der Waals surface area contributed by atoms with Gasteiger partial charge in [0.05, 0.1) is 30.9 Å². The van der Waals surface area contributed by atoms with Crippen LogP contribution in [0, 0.1) is 0 Å². The summed E-state index contributed by atoms with van der Waals surface area (Å²) < 4.78 is 23.0. The minimum absolute atomic E-state index is 0.412. The lowest BCUT2D eigenvalue weighted by Crippen LogP contribution is -2.55. The maximum atomic E-state index is 10.7. The minimum atomic E-state index is -1.45. The zero-order chi connectivity index (χ0) is 24.5. The molecule has 0 bridgehead atoms. The van der Waals surface area contributed by atoms with Crippen molar-refractivity contribution >= 4 is 11.6 Å². The Hall–Kier alpha value is -1.91. The van der Waals surface area contributed by atoms with Crippen molar-refractivity contribution in [2.45, 2.75) is 62.3 Å². The van der Waals surface area contributed by atoms with Gasteiger partial charge in [-0.2, -0.15) is 0 Å². The summed E-state index contributed by atoms with van der Waals surface area (Å²) in [6.07, 6.45) is -2.38. The van der Waals surface area contributed by atoms with E-state index in [0.29, 0.717) is 55.1 Å². The highest BCUT2D eigenvalue weighted by molar-refractivity contribution is 6.33. The van der Waals surface area contributed by atoms with Crippen molar-refractivity contribution in [1.29, 1.82) is 0 Å². The van der Waals surface area contributed by atoms with Crippen molar-refractivity contribution in [2.24, 2.45) is 0 Å². The number of rotatable bonds is 9. The van der Waals surface area contributed by atoms with Gasteiger partial charge >= 0.3 is 0 Å². The lowest BCUT2D eigenvalue weighted by atomic mass is 9.87. The van der Waals surface area contributed by atoms with Gasteiger partial charge in [-0.3, -0.25) is 0 Å². The van der Waals surface area contributed by atoms with Gasteiger partial charge in [0.25, 0.3) is 0 Å². The van der Waals surface area contributed by atoms with Gasteiger partial charge in [0.1, 0.15) is 48.6 Å². The molecular formula is C26H31ClO8. The van der Waals surface area contributed by atoms with Gasteiger partial charge < -0.3 is 39.4 Å². The molecule has 5 atom stereocenters. The monoisotopic (exact) mass is 506 g/mol. The molecule has 3 aliphatic rings. The van der Waals surface area contributed by atoms with Crippen LogP contribution in [0.15, 0.2) is 30.3 Å². The van der Waals surface area contributed by atoms with Crippen LogP contribution in [0.3, 0.4) is 0 Å². The Morgan fingerprint density at radius 2 is 1.77 bits per heavy atom. The predicted molar refractivity (Wildman–Crippen MR) is 127 cm³/mol. The van der Waals surface area contributed by atoms with Crippen molar-refractivity contribution in [3.8, 4) is 11.5 Å². The van der Waals surface area contributed by atoms with E-state index in [1.807, 2.05) is 30.3 Å². The first kappa shape index (κ1) is 24.8. The smallest absolute Gasteiger partial charge is 0.141 e. The van der Waals surface area contributed by atoms with Crippen LogP contribution in [0.4, 0.5) is 0 Å². The standard InChI is InChI=1S/C26H31ClO8/c27-21-15(11-14-1-3-16(4-2-14)32-9-10-33-17-5-6-17)12-19(18-7-8-34-25(18)21)26-24(31)23(30)22(29)20(13-28)35-26/h1-4,12,17,20,22-24,26,28-31H,5-11,13H2. The molecule has 0 radical (unpaired) electrons. The minimum Gasteiger partial charge on any atom is -0.491 e. The first-order valence-corrected chi connectivity index (χ1v) is 12.4. The number of hydrogen-bond donors (Lipinski definition) is 4. The quantitative estimate of drug-likeness (QED) is 0.381. The molecule has 9 heteroatoms. The molecule has 190 valence electrons. The molecule has 1 saturated carbocycles. The average Bonchev–Trinajstić information content (AvgIpc) is 3.56. The van der Waals surface area contributed by atoms with E-state index < -0.39 is 37.1 Å². The van der Waals surface area contributed by atoms with Crippen LogP contribution in [0.25, 0.3) is 0 Å². The van der Waals surface area contributed by atoms with Crippen molar-refractivity contribution in [3.05, 3.63) is 57.6 Å². The van der Waals surface area contributed by atoms with Gasteiger partial charge in [-0.1, -0.05) is 29.8 Å². The Bertz CT molecular complexity index is 1020. The lowest BCUT2D eigenvalue weighted by molar-refractivity contribution is -0.231. The van der Waals surface area contributed by atoms with Gasteiger partial charge in [-0.05, 0) is 48.1 Å². The maximum Gasteiger partial charge on any atom is 0.141 e. The maximum absolute atomic E-state index is 10.7. The summed E-state index contributed by atoms with van der Waals surface area (Å²) in [5.41, 5.74) is 3.24. The molecule has 2 aliphatic heterocycles. The van der Waals surface area contributed by atoms with Gasteiger partial charge in [-0.25, -0.2) is 0 Å². The van der Waals surface area contributed by atoms with Crippen molar-refractivity contribution in [2.75, 3.05) is 26.4 Å². The molecule has 5 rings (SSSR count). The van der Waals surface area contributed by atoms with Crippen LogP contribution in [0.2, 0.25) is 5.02 Å². The fourth-order valence-corrected chi connectivity index (χ4v) is 4.97. The second-order valence-electron chi connectivity index (χ2n) is 9.33. The van der Waals surface area contributed by atoms with Gasteiger partial charge in [-0.15, -0.1) is 0 Å². The second kappa shape index (κ2) is 10.6. The van der Waals surface area contributed by atoms with E-state index in [0.717, 1.165) is 35.3 Å². The summed E-state index contributed by atoms with van der Waals surface area (Å²) in [4.78, 5) is 0. The highest BCUT2D eigenvalue weighted by Crippen LogP contribution is 2.44. The zero-order valence-electron chi connectivity index (χ0n) is 19.3. The molecule has 0 aromatic heterocycles. The van der Waals surface area contributed by atoms with E-state index in [-0.39, 0.29) is 0 Å². The summed E-state index contributed by atoms with van der Waals surface area (Å²) in [6, 6.07) is 9.61. The Morgan fingerprint density at radius 3 is 2.49 bits per heavy atom. The summed E-state index contributed by atoms with van der Waals surface area (Å²) in [6.45, 7) is 1.05. The normalized spacial score (nSPS) is 28.0. The van der Waals surface area contributed by atoms with Gasteiger partial charge in [0.2, 0.25) is 0 Å². The van der Waals surface area contributed by atoms with Crippen LogP contribution in [-0.2, 0) is 22.3 Å². The third-order valence-corrected chi connectivity index (χ3v) is 7.19. The van der Waals surface area contributed by atoms with Crippen LogP contribution in [-0.4, -0.2) is 77.4 Å². The molecular weight excluding hydrogens is 476 g/mol. The average molecular weight is 507 g/mol. The Kier molecular flexibility index (Phi) is 7.50. The molecule has 1 saturated heterocycles. The molecule has 1 aliphatic carbocycles. The highest BCUT2D eigenvalue weighted by Gasteiger charge is 2.45. The molecule has 0 spiro atoms. The van der Waals surface area contributed by atoms with Gasteiger partial charge in [0.15, 0.2) is 0 Å². The number of fused-ring (bicyclic) bond motifs is 1. The molecule has 4 N–H and O–H groups in total. The van der Waals surface area contributed by atoms with E-state index in [2.05, 4.69) is 0 Å². The summed E-state index contributed by atoms with van der Waals surface area (Å²) >= 11 is 6.71. The van der Waals surface area contributed by atoms with Crippen LogP contribution >= 0.6 is 11.6 Å². The summed E-state index contributed by atoms with van der Waals surface area (Å²) in [5, 5.41) is 41.3. The van der Waals surface area contributed by atoms with Crippen LogP contribution in [0.1, 0.15) is 41.2 Å². The summed E-state index contributed by atoms with van der Waals surface area (Å²) in [5.74, 6) is 1.31. The molecule has 8 nitrogen and oxygen atoms in total. The van der Waals surface area contributed by atoms with E-state index in [9.17, 15) is 20.4 Å². The third-order valence-electron chi connectivity index (χ3n) is 6.78. The van der Waals surface area contributed by atoms with E-state index >= 15 is 0 Å². The molecule has 5 unspecified atom stereocenters. The zero-order valence-corrected chi connectivity index (χ0v) is 20.1. The first-order chi connectivity index (χ1) is 17.0. The second-order valence-corrected chi connectivity index (χ2v) is 9.71. The Morgan fingerprint density at radius 1 is 1.00 bits per heavy atom. The number of halogens is 1. The Balaban J connectivity index is 1.35. The fourth-order valence-electron chi connectivity index (χ4n) is 4.68. The number of ether oxygens (including phenoxy) is 4. The SMILES string of the molecule is OCC1OC(c2cc(Cc3ccc(OCCOC4CC4)cc3)c(Cl)c3c2CCO3)C(O)C(O)C1O. The molecule has 0 amide bonds. The van der Waals surface area contributed by atoms with Crippen molar-refractivity contribution in [1.82, 2.24) is 0 Å². The highest BCUT2D eigenvalue weighted by atomic mass is 35.5. The van der Waals surface area contributed by atoms with Crippen molar-refractivity contribution < 1.29 is 39.4 Å². The first-order valence-electron chi connectivity index (χ1n) is 12.1. The molecule has 2 fully saturated rings. The predicted octanol–water partition coefficient (Wildman–Crippen LogP) is 1.94. The molecule has 2 aromatic rings. The number of hydrogen-bond acceptors (Lipinski definition) is 8. The lowest BCUT2D eigenvalue weighted by Gasteiger charge is -2.40. The molecule has 35 heavy (non-hydrogen) atoms. The van der Waals surface area contributed by atoms with E-state index in [1.54, 1.807) is 0 Å². The Labute approximate surface area is 209 Å². The number of aliphatic hydroxyl groups excluding tert-OH is 4. The van der Waals surface area contributed by atoms with Crippen LogP contribution in [0.5, 0.6) is 11.5 Å². The van der Waals surface area contributed by atoms with Crippen molar-refractivity contribution in [3.63, 3.8) is 0 Å². The van der Waals surface area contributed by atoms with Crippen LogP contribution < -0.4 is 9.47 Å². The van der Waals surface area contributed by atoms with Gasteiger partial charge in [0, 0.05) is 12.0 Å². The topological polar surface area (TPSA) is 118 Å². The summed E-state index contributed by atoms with van der Waals surface area (Å²) in [7, 11) is 0. The number of benzene rings is 2. The molecule has 2 aromatic carbocycles. The third kappa shape index (κ3) is 5.29. The number of aliphatic hydroxyl groups is 4. The van der Waals surface area contributed by atoms with E-state index in [1.165, 1.54) is 0 Å².